The highest BCUT2D eigenvalue weighted by atomic mass is 32.2. The van der Waals surface area contributed by atoms with Gasteiger partial charge in [0.25, 0.3) is 0 Å². The van der Waals surface area contributed by atoms with Gasteiger partial charge in [-0.1, -0.05) is 6.07 Å². The standard InChI is InChI=1S/C10H16N2O2S2/c1-11-7-9-3-4-10(12-8-9)15-5-6-16(2,13)14/h3-4,8,11H,5-7H2,1-2H3. The number of hydrogen-bond donors (Lipinski definition) is 1. The van der Waals surface area contributed by atoms with E-state index in [0.717, 1.165) is 17.1 Å². The fraction of sp³-hybridized carbons (Fsp3) is 0.500. The van der Waals surface area contributed by atoms with Crippen LogP contribution in [-0.2, 0) is 16.4 Å². The van der Waals surface area contributed by atoms with Gasteiger partial charge in [0.05, 0.1) is 10.8 Å². The third-order valence-electron chi connectivity index (χ3n) is 1.88. The van der Waals surface area contributed by atoms with E-state index in [9.17, 15) is 8.42 Å². The molecule has 0 amide bonds. The first-order chi connectivity index (χ1) is 7.51. The average Bonchev–Trinajstić information content (AvgIpc) is 2.19. The van der Waals surface area contributed by atoms with Crippen LogP contribution in [0.1, 0.15) is 5.56 Å². The maximum atomic E-state index is 10.9. The number of sulfone groups is 1. The molecule has 1 N–H and O–H groups in total. The summed E-state index contributed by atoms with van der Waals surface area (Å²) in [5.74, 6) is 0.745. The summed E-state index contributed by atoms with van der Waals surface area (Å²) in [6.45, 7) is 0.793. The van der Waals surface area contributed by atoms with Crippen LogP contribution in [0.5, 0.6) is 0 Å². The second-order valence-corrected chi connectivity index (χ2v) is 6.89. The van der Waals surface area contributed by atoms with Crippen molar-refractivity contribution in [2.24, 2.45) is 0 Å². The summed E-state index contributed by atoms with van der Waals surface area (Å²) in [6, 6.07) is 3.91. The molecule has 0 atom stereocenters. The number of thioether (sulfide) groups is 1. The van der Waals surface area contributed by atoms with Gasteiger partial charge in [0.2, 0.25) is 0 Å². The highest BCUT2D eigenvalue weighted by Crippen LogP contribution is 2.15. The summed E-state index contributed by atoms with van der Waals surface area (Å²) in [7, 11) is -0.986. The maximum Gasteiger partial charge on any atom is 0.148 e. The van der Waals surface area contributed by atoms with Crippen molar-refractivity contribution in [3.63, 3.8) is 0 Å². The summed E-state index contributed by atoms with van der Waals surface area (Å²) in [5.41, 5.74) is 1.12. The summed E-state index contributed by atoms with van der Waals surface area (Å²) in [4.78, 5) is 4.25. The molecular formula is C10H16N2O2S2. The van der Waals surface area contributed by atoms with E-state index in [0.29, 0.717) is 5.75 Å². The fourth-order valence-corrected chi connectivity index (χ4v) is 3.15. The SMILES string of the molecule is CNCc1ccc(SCCS(C)(=O)=O)nc1. The number of nitrogens with one attached hydrogen (secondary N) is 1. The zero-order valence-corrected chi connectivity index (χ0v) is 11.1. The van der Waals surface area contributed by atoms with Gasteiger partial charge in [-0.05, 0) is 18.7 Å². The van der Waals surface area contributed by atoms with Gasteiger partial charge in [-0.3, -0.25) is 0 Å². The number of nitrogens with zero attached hydrogens (tertiary/aromatic N) is 1. The summed E-state index contributed by atoms with van der Waals surface area (Å²) in [5, 5.41) is 3.90. The Labute approximate surface area is 101 Å². The quantitative estimate of drug-likeness (QED) is 0.771. The molecule has 16 heavy (non-hydrogen) atoms. The van der Waals surface area contributed by atoms with E-state index in [4.69, 9.17) is 0 Å². The van der Waals surface area contributed by atoms with Gasteiger partial charge in [0.1, 0.15) is 9.84 Å². The van der Waals surface area contributed by atoms with Crippen LogP contribution in [0, 0.1) is 0 Å². The van der Waals surface area contributed by atoms with Crippen LogP contribution in [-0.4, -0.2) is 38.2 Å². The molecule has 0 unspecified atom stereocenters. The molecule has 0 radical (unpaired) electrons. The lowest BCUT2D eigenvalue weighted by molar-refractivity contribution is 0.603. The third-order valence-corrected chi connectivity index (χ3v) is 4.03. The molecule has 6 heteroatoms. The van der Waals surface area contributed by atoms with Gasteiger partial charge in [0.15, 0.2) is 0 Å². The topological polar surface area (TPSA) is 59.1 Å². The number of rotatable bonds is 6. The fourth-order valence-electron chi connectivity index (χ4n) is 1.10. The van der Waals surface area contributed by atoms with Gasteiger partial charge < -0.3 is 5.32 Å². The molecule has 1 rings (SSSR count). The van der Waals surface area contributed by atoms with Crippen LogP contribution in [0.4, 0.5) is 0 Å². The number of pyridine rings is 1. The molecule has 0 saturated carbocycles. The Morgan fingerprint density at radius 2 is 2.19 bits per heavy atom. The monoisotopic (exact) mass is 260 g/mol. The van der Waals surface area contributed by atoms with Gasteiger partial charge in [-0.15, -0.1) is 11.8 Å². The Bertz CT molecular complexity index is 415. The molecule has 0 aliphatic carbocycles. The second-order valence-electron chi connectivity index (χ2n) is 3.51. The molecule has 0 aromatic carbocycles. The van der Waals surface area contributed by atoms with E-state index in [1.807, 2.05) is 19.2 Å². The molecule has 0 aliphatic heterocycles. The minimum Gasteiger partial charge on any atom is -0.316 e. The van der Waals surface area contributed by atoms with Crippen LogP contribution in [0.3, 0.4) is 0 Å². The summed E-state index contributed by atoms with van der Waals surface area (Å²) >= 11 is 1.46. The van der Waals surface area contributed by atoms with Crippen molar-refractivity contribution in [1.29, 1.82) is 0 Å². The van der Waals surface area contributed by atoms with Crippen LogP contribution >= 0.6 is 11.8 Å². The highest BCUT2D eigenvalue weighted by molar-refractivity contribution is 8.00. The minimum atomic E-state index is -2.87. The Morgan fingerprint density at radius 3 is 2.69 bits per heavy atom. The summed E-state index contributed by atoms with van der Waals surface area (Å²) < 4.78 is 21.8. The van der Waals surface area contributed by atoms with E-state index >= 15 is 0 Å². The second kappa shape index (κ2) is 6.22. The first kappa shape index (κ1) is 13.5. The van der Waals surface area contributed by atoms with Gasteiger partial charge in [-0.25, -0.2) is 13.4 Å². The Hall–Kier alpha value is -0.590. The van der Waals surface area contributed by atoms with Crippen LogP contribution in [0.15, 0.2) is 23.4 Å². The molecule has 1 aromatic heterocycles. The lowest BCUT2D eigenvalue weighted by atomic mass is 10.3. The predicted octanol–water partition coefficient (Wildman–Crippen LogP) is 0.938. The molecule has 0 spiro atoms. The Morgan fingerprint density at radius 1 is 1.44 bits per heavy atom. The van der Waals surface area contributed by atoms with Crippen LogP contribution < -0.4 is 5.32 Å². The molecule has 0 aliphatic rings. The first-order valence-corrected chi connectivity index (χ1v) is 7.96. The van der Waals surface area contributed by atoms with Crippen molar-refractivity contribution in [2.45, 2.75) is 11.6 Å². The number of hydrogen-bond acceptors (Lipinski definition) is 5. The Kier molecular flexibility index (Phi) is 5.24. The van der Waals surface area contributed by atoms with E-state index in [2.05, 4.69) is 10.3 Å². The molecule has 0 bridgehead atoms. The average molecular weight is 260 g/mol. The molecule has 90 valence electrons. The maximum absolute atomic E-state index is 10.9. The van der Waals surface area contributed by atoms with E-state index in [1.165, 1.54) is 18.0 Å². The number of aromatic nitrogens is 1. The molecule has 1 aromatic rings. The molecular weight excluding hydrogens is 244 g/mol. The van der Waals surface area contributed by atoms with Crippen LogP contribution in [0.2, 0.25) is 0 Å². The van der Waals surface area contributed by atoms with Crippen molar-refractivity contribution in [3.8, 4) is 0 Å². The third kappa shape index (κ3) is 5.48. The van der Waals surface area contributed by atoms with Gasteiger partial charge in [0, 0.05) is 24.8 Å². The van der Waals surface area contributed by atoms with E-state index < -0.39 is 9.84 Å². The van der Waals surface area contributed by atoms with Crippen LogP contribution in [0.25, 0.3) is 0 Å². The highest BCUT2D eigenvalue weighted by Gasteiger charge is 2.03. The van der Waals surface area contributed by atoms with E-state index in [-0.39, 0.29) is 5.75 Å². The summed E-state index contributed by atoms with van der Waals surface area (Å²) in [6.07, 6.45) is 3.05. The first-order valence-electron chi connectivity index (χ1n) is 4.91. The molecule has 4 nitrogen and oxygen atoms in total. The van der Waals surface area contributed by atoms with Crippen molar-refractivity contribution in [2.75, 3.05) is 24.8 Å². The molecule has 0 saturated heterocycles. The molecule has 1 heterocycles. The Balaban J connectivity index is 2.43. The van der Waals surface area contributed by atoms with Gasteiger partial charge in [-0.2, -0.15) is 0 Å². The van der Waals surface area contributed by atoms with Gasteiger partial charge >= 0.3 is 0 Å². The minimum absolute atomic E-state index is 0.192. The zero-order chi connectivity index (χ0) is 12.0. The van der Waals surface area contributed by atoms with Crippen molar-refractivity contribution in [3.05, 3.63) is 23.9 Å². The van der Waals surface area contributed by atoms with E-state index in [1.54, 1.807) is 6.20 Å². The predicted molar refractivity (Wildman–Crippen MR) is 67.4 cm³/mol. The molecule has 0 fully saturated rings. The smallest absolute Gasteiger partial charge is 0.148 e. The van der Waals surface area contributed by atoms with Crippen molar-refractivity contribution >= 4 is 21.6 Å². The van der Waals surface area contributed by atoms with Crippen molar-refractivity contribution in [1.82, 2.24) is 10.3 Å². The lowest BCUT2D eigenvalue weighted by Crippen LogP contribution is -2.06. The lowest BCUT2D eigenvalue weighted by Gasteiger charge is -2.02. The zero-order valence-electron chi connectivity index (χ0n) is 9.43. The largest absolute Gasteiger partial charge is 0.316 e. The van der Waals surface area contributed by atoms with Crippen molar-refractivity contribution < 1.29 is 8.42 Å². The normalized spacial score (nSPS) is 11.6.